The maximum absolute atomic E-state index is 12.4. The summed E-state index contributed by atoms with van der Waals surface area (Å²) in [5.74, 6) is 0.883. The van der Waals surface area contributed by atoms with Crippen molar-refractivity contribution in [1.29, 1.82) is 0 Å². The summed E-state index contributed by atoms with van der Waals surface area (Å²) < 4.78 is 33.4. The number of hydrogen-bond acceptors (Lipinski definition) is 5. The Hall–Kier alpha value is -2.45. The van der Waals surface area contributed by atoms with Gasteiger partial charge in [-0.15, -0.1) is 0 Å². The molecular formula is C26H38N2O5S. The van der Waals surface area contributed by atoms with Crippen LogP contribution in [-0.2, 0) is 20.9 Å². The Morgan fingerprint density at radius 2 is 1.56 bits per heavy atom. The summed E-state index contributed by atoms with van der Waals surface area (Å²) in [6.07, 6.45) is 3.34. The number of rotatable bonds is 13. The number of unbranched alkanes of at least 4 members (excludes halogenated alkanes) is 1. The van der Waals surface area contributed by atoms with Crippen molar-refractivity contribution >= 4 is 15.7 Å². The molecule has 0 saturated heterocycles. The van der Waals surface area contributed by atoms with Crippen molar-refractivity contribution in [2.45, 2.75) is 83.0 Å². The van der Waals surface area contributed by atoms with E-state index in [9.17, 15) is 18.5 Å². The standard InChI is InChI=1S/C26H38N2O5S/c1-7-25(3,4)20-11-16-24(23(19-20)26(5,6)8-2)33-18-10-9-17-27-34(31,32)22-14-12-21(13-15-22)28(29)30/h11-16,19,27H,7-10,17-18H2,1-6H3. The molecule has 0 heterocycles. The van der Waals surface area contributed by atoms with Crippen molar-refractivity contribution in [3.63, 3.8) is 0 Å². The summed E-state index contributed by atoms with van der Waals surface area (Å²) in [5, 5.41) is 10.7. The molecule has 0 atom stereocenters. The first-order valence-corrected chi connectivity index (χ1v) is 13.3. The van der Waals surface area contributed by atoms with Crippen molar-refractivity contribution in [1.82, 2.24) is 4.72 Å². The van der Waals surface area contributed by atoms with Gasteiger partial charge in [0.05, 0.1) is 16.4 Å². The van der Waals surface area contributed by atoms with Gasteiger partial charge >= 0.3 is 0 Å². The number of sulfonamides is 1. The van der Waals surface area contributed by atoms with Crippen molar-refractivity contribution in [3.8, 4) is 5.75 Å². The zero-order valence-corrected chi connectivity index (χ0v) is 22.0. The fraction of sp³-hybridized carbons (Fsp3) is 0.538. The number of nitro groups is 1. The molecule has 2 aromatic carbocycles. The van der Waals surface area contributed by atoms with Crippen LogP contribution in [0.1, 0.15) is 78.4 Å². The second kappa shape index (κ2) is 11.3. The van der Waals surface area contributed by atoms with Gasteiger partial charge in [0.25, 0.3) is 5.69 Å². The van der Waals surface area contributed by atoms with Gasteiger partial charge in [-0.05, 0) is 60.3 Å². The Labute approximate surface area is 204 Å². The molecular weight excluding hydrogens is 452 g/mol. The molecule has 0 aliphatic heterocycles. The zero-order chi connectivity index (χ0) is 25.6. The molecule has 0 saturated carbocycles. The molecule has 0 radical (unpaired) electrons. The van der Waals surface area contributed by atoms with Gasteiger partial charge in [0.15, 0.2) is 0 Å². The van der Waals surface area contributed by atoms with Crippen LogP contribution >= 0.6 is 0 Å². The molecule has 1 N–H and O–H groups in total. The fourth-order valence-corrected chi connectivity index (χ4v) is 4.52. The van der Waals surface area contributed by atoms with Crippen molar-refractivity contribution in [2.75, 3.05) is 13.2 Å². The molecule has 188 valence electrons. The van der Waals surface area contributed by atoms with Crippen molar-refractivity contribution in [3.05, 3.63) is 63.7 Å². The molecule has 2 aromatic rings. The Kier molecular flexibility index (Phi) is 9.25. The van der Waals surface area contributed by atoms with E-state index < -0.39 is 14.9 Å². The molecule has 8 heteroatoms. The minimum Gasteiger partial charge on any atom is -0.493 e. The van der Waals surface area contributed by atoms with Crippen LogP contribution in [0, 0.1) is 10.1 Å². The highest BCUT2D eigenvalue weighted by atomic mass is 32.2. The number of nitro benzene ring substituents is 1. The smallest absolute Gasteiger partial charge is 0.269 e. The Bertz CT molecular complexity index is 1080. The lowest BCUT2D eigenvalue weighted by Crippen LogP contribution is -2.25. The predicted molar refractivity (Wildman–Crippen MR) is 136 cm³/mol. The summed E-state index contributed by atoms with van der Waals surface area (Å²) in [6, 6.07) is 11.3. The van der Waals surface area contributed by atoms with E-state index in [-0.39, 0.29) is 28.0 Å². The Balaban J connectivity index is 1.94. The molecule has 0 fully saturated rings. The monoisotopic (exact) mass is 490 g/mol. The third kappa shape index (κ3) is 7.03. The number of ether oxygens (including phenoxy) is 1. The highest BCUT2D eigenvalue weighted by Gasteiger charge is 2.26. The average molecular weight is 491 g/mol. The largest absolute Gasteiger partial charge is 0.493 e. The van der Waals surface area contributed by atoms with Crippen LogP contribution in [-0.4, -0.2) is 26.5 Å². The van der Waals surface area contributed by atoms with Crippen LogP contribution in [0.4, 0.5) is 5.69 Å². The quantitative estimate of drug-likeness (QED) is 0.208. The van der Waals surface area contributed by atoms with Gasteiger partial charge in [0.2, 0.25) is 10.0 Å². The number of benzene rings is 2. The van der Waals surface area contributed by atoms with Crippen LogP contribution in [0.15, 0.2) is 47.4 Å². The van der Waals surface area contributed by atoms with Crippen LogP contribution in [0.2, 0.25) is 0 Å². The highest BCUT2D eigenvalue weighted by Crippen LogP contribution is 2.38. The van der Waals surface area contributed by atoms with Crippen molar-refractivity contribution < 1.29 is 18.1 Å². The van der Waals surface area contributed by atoms with Gasteiger partial charge in [-0.25, -0.2) is 13.1 Å². The van der Waals surface area contributed by atoms with Gasteiger partial charge in [-0.2, -0.15) is 0 Å². The van der Waals surface area contributed by atoms with Gasteiger partial charge in [0, 0.05) is 24.2 Å². The highest BCUT2D eigenvalue weighted by molar-refractivity contribution is 7.89. The van der Waals surface area contributed by atoms with E-state index in [2.05, 4.69) is 64.5 Å². The fourth-order valence-electron chi connectivity index (χ4n) is 3.45. The van der Waals surface area contributed by atoms with E-state index in [0.29, 0.717) is 19.4 Å². The summed E-state index contributed by atoms with van der Waals surface area (Å²) in [4.78, 5) is 10.2. The second-order valence-corrected chi connectivity index (χ2v) is 11.7. The van der Waals surface area contributed by atoms with Gasteiger partial charge in [-0.1, -0.05) is 53.7 Å². The molecule has 0 unspecified atom stereocenters. The first-order valence-electron chi connectivity index (χ1n) is 11.9. The topological polar surface area (TPSA) is 98.5 Å². The van der Waals surface area contributed by atoms with Crippen LogP contribution in [0.25, 0.3) is 0 Å². The molecule has 0 spiro atoms. The van der Waals surface area contributed by atoms with E-state index >= 15 is 0 Å². The normalized spacial score (nSPS) is 12.5. The lowest BCUT2D eigenvalue weighted by molar-refractivity contribution is -0.384. The lowest BCUT2D eigenvalue weighted by atomic mass is 9.76. The van der Waals surface area contributed by atoms with E-state index in [1.807, 2.05) is 0 Å². The third-order valence-electron chi connectivity index (χ3n) is 6.74. The summed E-state index contributed by atoms with van der Waals surface area (Å²) in [6.45, 7) is 14.1. The molecule has 2 rings (SSSR count). The van der Waals surface area contributed by atoms with E-state index in [0.717, 1.165) is 18.6 Å². The van der Waals surface area contributed by atoms with E-state index in [1.165, 1.54) is 35.4 Å². The molecule has 0 bridgehead atoms. The maximum Gasteiger partial charge on any atom is 0.269 e. The van der Waals surface area contributed by atoms with Gasteiger partial charge < -0.3 is 4.74 Å². The summed E-state index contributed by atoms with van der Waals surface area (Å²) in [5.41, 5.74) is 2.44. The second-order valence-electron chi connectivity index (χ2n) is 9.89. The summed E-state index contributed by atoms with van der Waals surface area (Å²) >= 11 is 0. The SMILES string of the molecule is CCC(C)(C)c1ccc(OCCCCNS(=O)(=O)c2ccc([N+](=O)[O-])cc2)c(C(C)(C)CC)c1. The summed E-state index contributed by atoms with van der Waals surface area (Å²) in [7, 11) is -3.71. The maximum atomic E-state index is 12.4. The first-order chi connectivity index (χ1) is 15.8. The minimum absolute atomic E-state index is 0.0101. The molecule has 0 aliphatic rings. The first kappa shape index (κ1) is 27.8. The number of nitrogens with zero attached hydrogens (tertiary/aromatic N) is 1. The molecule has 0 amide bonds. The Morgan fingerprint density at radius 3 is 2.12 bits per heavy atom. The van der Waals surface area contributed by atoms with E-state index in [1.54, 1.807) is 0 Å². The van der Waals surface area contributed by atoms with Gasteiger partial charge in [0.1, 0.15) is 5.75 Å². The van der Waals surface area contributed by atoms with E-state index in [4.69, 9.17) is 4.74 Å². The van der Waals surface area contributed by atoms with Gasteiger partial charge in [-0.3, -0.25) is 10.1 Å². The Morgan fingerprint density at radius 1 is 0.941 bits per heavy atom. The number of hydrogen-bond donors (Lipinski definition) is 1. The number of non-ortho nitro benzene ring substituents is 1. The average Bonchev–Trinajstić information content (AvgIpc) is 2.81. The zero-order valence-electron chi connectivity index (χ0n) is 21.2. The van der Waals surface area contributed by atoms with Crippen molar-refractivity contribution in [2.24, 2.45) is 0 Å². The lowest BCUT2D eigenvalue weighted by Gasteiger charge is -2.30. The molecule has 0 aliphatic carbocycles. The number of nitrogens with one attached hydrogen (secondary N) is 1. The molecule has 0 aromatic heterocycles. The predicted octanol–water partition coefficient (Wildman–Crippen LogP) is 6.11. The van der Waals surface area contributed by atoms with Crippen LogP contribution in [0.3, 0.4) is 0 Å². The molecule has 34 heavy (non-hydrogen) atoms. The molecule has 7 nitrogen and oxygen atoms in total. The third-order valence-corrected chi connectivity index (χ3v) is 8.21. The minimum atomic E-state index is -3.71. The van der Waals surface area contributed by atoms with Crippen LogP contribution in [0.5, 0.6) is 5.75 Å². The van der Waals surface area contributed by atoms with Crippen LogP contribution < -0.4 is 9.46 Å².